The number of benzene rings is 1. The van der Waals surface area contributed by atoms with Crippen molar-refractivity contribution in [1.82, 2.24) is 15.2 Å². The van der Waals surface area contributed by atoms with Crippen LogP contribution in [0.1, 0.15) is 46.8 Å². The molecule has 1 aromatic heterocycles. The van der Waals surface area contributed by atoms with Crippen molar-refractivity contribution in [3.8, 4) is 0 Å². The number of carbonyl (C=O) groups excluding carboxylic acids is 2. The van der Waals surface area contributed by atoms with E-state index >= 15 is 0 Å². The number of hydrogen-bond acceptors (Lipinski definition) is 4. The number of anilines is 1. The molecule has 0 bridgehead atoms. The molecule has 1 saturated heterocycles. The van der Waals surface area contributed by atoms with Crippen LogP contribution in [0.2, 0.25) is 0 Å². The fraction of sp³-hybridized carbons (Fsp3) is 0.435. The molecule has 2 aromatic rings. The Labute approximate surface area is 172 Å². The largest absolute Gasteiger partial charge is 0.368 e. The number of carbonyl (C=O) groups is 2. The van der Waals surface area contributed by atoms with Crippen LogP contribution in [0, 0.1) is 12.8 Å². The third kappa shape index (κ3) is 5.56. The van der Waals surface area contributed by atoms with Crippen LogP contribution in [0.3, 0.4) is 0 Å². The molecule has 0 unspecified atom stereocenters. The lowest BCUT2D eigenvalue weighted by molar-refractivity contribution is 0.0740. The van der Waals surface area contributed by atoms with Gasteiger partial charge in [0.1, 0.15) is 11.4 Å². The van der Waals surface area contributed by atoms with Crippen LogP contribution in [-0.2, 0) is 0 Å². The van der Waals surface area contributed by atoms with Crippen LogP contribution in [0.5, 0.6) is 0 Å². The highest BCUT2D eigenvalue weighted by Gasteiger charge is 2.24. The first-order valence-electron chi connectivity index (χ1n) is 10.3. The summed E-state index contributed by atoms with van der Waals surface area (Å²) in [5.41, 5.74) is 3.03. The second kappa shape index (κ2) is 9.54. The maximum absolute atomic E-state index is 12.9. The summed E-state index contributed by atoms with van der Waals surface area (Å²) in [5.74, 6) is 0.171. The molecule has 154 valence electrons. The molecule has 1 aromatic carbocycles. The Morgan fingerprint density at radius 3 is 2.41 bits per heavy atom. The molecule has 2 amide bonds. The molecule has 0 aliphatic carbocycles. The molecule has 6 nitrogen and oxygen atoms in total. The number of nitrogens with one attached hydrogen (secondary N) is 1. The van der Waals surface area contributed by atoms with E-state index in [2.05, 4.69) is 60.2 Å². The zero-order valence-electron chi connectivity index (χ0n) is 17.5. The Balaban J connectivity index is 1.59. The summed E-state index contributed by atoms with van der Waals surface area (Å²) >= 11 is 0. The van der Waals surface area contributed by atoms with Crippen LogP contribution in [0.25, 0.3) is 0 Å². The third-order valence-electron chi connectivity index (χ3n) is 5.14. The quantitative estimate of drug-likeness (QED) is 0.818. The summed E-state index contributed by atoms with van der Waals surface area (Å²) < 4.78 is 0. The Hall–Kier alpha value is -2.89. The van der Waals surface area contributed by atoms with E-state index in [0.717, 1.165) is 19.5 Å². The van der Waals surface area contributed by atoms with Crippen molar-refractivity contribution in [3.63, 3.8) is 0 Å². The summed E-state index contributed by atoms with van der Waals surface area (Å²) in [6, 6.07) is 13.5. The first kappa shape index (κ1) is 20.8. The van der Waals surface area contributed by atoms with E-state index in [4.69, 9.17) is 0 Å². The van der Waals surface area contributed by atoms with Gasteiger partial charge in [0.25, 0.3) is 11.8 Å². The second-order valence-electron chi connectivity index (χ2n) is 7.96. The minimum Gasteiger partial charge on any atom is -0.368 e. The van der Waals surface area contributed by atoms with Crippen molar-refractivity contribution in [2.24, 2.45) is 5.92 Å². The van der Waals surface area contributed by atoms with E-state index in [1.807, 2.05) is 4.90 Å². The molecule has 0 saturated carbocycles. The van der Waals surface area contributed by atoms with E-state index in [1.165, 1.54) is 11.3 Å². The summed E-state index contributed by atoms with van der Waals surface area (Å²) in [4.78, 5) is 33.6. The summed E-state index contributed by atoms with van der Waals surface area (Å²) in [6.07, 6.45) is 0.912. The number of piperazine rings is 1. The van der Waals surface area contributed by atoms with Gasteiger partial charge in [0.05, 0.1) is 0 Å². The van der Waals surface area contributed by atoms with Gasteiger partial charge in [-0.3, -0.25) is 9.59 Å². The lowest BCUT2D eigenvalue weighted by Crippen LogP contribution is -2.49. The zero-order chi connectivity index (χ0) is 20.8. The Kier molecular flexibility index (Phi) is 6.86. The molecule has 6 heteroatoms. The van der Waals surface area contributed by atoms with Crippen molar-refractivity contribution in [3.05, 3.63) is 59.4 Å². The lowest BCUT2D eigenvalue weighted by Gasteiger charge is -2.36. The maximum Gasteiger partial charge on any atom is 0.272 e. The zero-order valence-corrected chi connectivity index (χ0v) is 17.5. The number of aromatic nitrogens is 1. The SMILES string of the molecule is Cc1cccc(N2CCN(C(=O)c3cccc(C(=O)NCCC(C)C)n3)CC2)c1. The summed E-state index contributed by atoms with van der Waals surface area (Å²) in [5, 5.41) is 2.87. The van der Waals surface area contributed by atoms with Gasteiger partial charge in [-0.2, -0.15) is 0 Å². The van der Waals surface area contributed by atoms with E-state index in [0.29, 0.717) is 31.2 Å². The van der Waals surface area contributed by atoms with E-state index in [1.54, 1.807) is 18.2 Å². The molecular formula is C23H30N4O2. The Morgan fingerprint density at radius 1 is 1.03 bits per heavy atom. The van der Waals surface area contributed by atoms with Crippen LogP contribution in [-0.4, -0.2) is 54.4 Å². The van der Waals surface area contributed by atoms with Gasteiger partial charge in [-0.25, -0.2) is 4.98 Å². The van der Waals surface area contributed by atoms with Gasteiger partial charge >= 0.3 is 0 Å². The Bertz CT molecular complexity index is 857. The van der Waals surface area contributed by atoms with Gasteiger partial charge in [0.2, 0.25) is 0 Å². The number of pyridine rings is 1. The van der Waals surface area contributed by atoms with Crippen molar-refractivity contribution in [1.29, 1.82) is 0 Å². The maximum atomic E-state index is 12.9. The van der Waals surface area contributed by atoms with Crippen molar-refractivity contribution >= 4 is 17.5 Å². The molecule has 1 aliphatic heterocycles. The highest BCUT2D eigenvalue weighted by molar-refractivity contribution is 5.96. The fourth-order valence-electron chi connectivity index (χ4n) is 3.40. The molecule has 29 heavy (non-hydrogen) atoms. The molecule has 1 aliphatic rings. The fourth-order valence-corrected chi connectivity index (χ4v) is 3.40. The number of amides is 2. The van der Waals surface area contributed by atoms with E-state index in [9.17, 15) is 9.59 Å². The Morgan fingerprint density at radius 2 is 1.72 bits per heavy atom. The lowest BCUT2D eigenvalue weighted by atomic mass is 10.1. The van der Waals surface area contributed by atoms with Gasteiger partial charge in [-0.15, -0.1) is 0 Å². The van der Waals surface area contributed by atoms with Gasteiger partial charge in [-0.1, -0.05) is 32.0 Å². The first-order chi connectivity index (χ1) is 13.9. The first-order valence-corrected chi connectivity index (χ1v) is 10.3. The molecule has 2 heterocycles. The van der Waals surface area contributed by atoms with Crippen molar-refractivity contribution < 1.29 is 9.59 Å². The number of nitrogens with zero attached hydrogens (tertiary/aromatic N) is 3. The molecule has 3 rings (SSSR count). The number of aryl methyl sites for hydroxylation is 1. The van der Waals surface area contributed by atoms with Crippen LogP contribution in [0.4, 0.5) is 5.69 Å². The summed E-state index contributed by atoms with van der Waals surface area (Å²) in [6.45, 7) is 9.76. The highest BCUT2D eigenvalue weighted by Crippen LogP contribution is 2.18. The average Bonchev–Trinajstić information content (AvgIpc) is 2.73. The van der Waals surface area contributed by atoms with Gasteiger partial charge in [-0.05, 0) is 49.1 Å². The molecular weight excluding hydrogens is 364 g/mol. The minimum absolute atomic E-state index is 0.120. The topological polar surface area (TPSA) is 65.5 Å². The van der Waals surface area contributed by atoms with Crippen LogP contribution < -0.4 is 10.2 Å². The second-order valence-corrected chi connectivity index (χ2v) is 7.96. The van der Waals surface area contributed by atoms with Crippen molar-refractivity contribution in [2.75, 3.05) is 37.6 Å². The highest BCUT2D eigenvalue weighted by atomic mass is 16.2. The standard InChI is InChI=1S/C23H30N4O2/c1-17(2)10-11-24-22(28)20-8-5-9-21(25-20)23(29)27-14-12-26(13-15-27)19-7-4-6-18(3)16-19/h4-9,16-17H,10-15H2,1-3H3,(H,24,28). The normalized spacial score (nSPS) is 14.2. The van der Waals surface area contributed by atoms with Crippen LogP contribution >= 0.6 is 0 Å². The third-order valence-corrected chi connectivity index (χ3v) is 5.14. The number of rotatable bonds is 6. The minimum atomic E-state index is -0.232. The van der Waals surface area contributed by atoms with Gasteiger partial charge in [0.15, 0.2) is 0 Å². The molecule has 0 radical (unpaired) electrons. The molecule has 0 spiro atoms. The molecule has 1 N–H and O–H groups in total. The number of hydrogen-bond donors (Lipinski definition) is 1. The smallest absolute Gasteiger partial charge is 0.272 e. The van der Waals surface area contributed by atoms with Crippen LogP contribution in [0.15, 0.2) is 42.5 Å². The predicted octanol–water partition coefficient (Wildman–Crippen LogP) is 3.13. The van der Waals surface area contributed by atoms with Crippen molar-refractivity contribution in [2.45, 2.75) is 27.2 Å². The molecule has 0 atom stereocenters. The van der Waals surface area contributed by atoms with Gasteiger partial charge < -0.3 is 15.1 Å². The molecule has 1 fully saturated rings. The monoisotopic (exact) mass is 394 g/mol. The van der Waals surface area contributed by atoms with E-state index < -0.39 is 0 Å². The predicted molar refractivity (Wildman–Crippen MR) is 115 cm³/mol. The average molecular weight is 395 g/mol. The van der Waals surface area contributed by atoms with E-state index in [-0.39, 0.29) is 17.5 Å². The van der Waals surface area contributed by atoms with Gasteiger partial charge in [0, 0.05) is 38.4 Å². The summed E-state index contributed by atoms with van der Waals surface area (Å²) in [7, 11) is 0.